The van der Waals surface area contributed by atoms with Crippen molar-refractivity contribution in [3.63, 3.8) is 0 Å². The highest BCUT2D eigenvalue weighted by atomic mass is 35.5. The van der Waals surface area contributed by atoms with Crippen LogP contribution in [-0.2, 0) is 11.3 Å². The van der Waals surface area contributed by atoms with E-state index < -0.39 is 0 Å². The molecule has 0 aliphatic heterocycles. The molecule has 0 saturated carbocycles. The van der Waals surface area contributed by atoms with Crippen molar-refractivity contribution < 1.29 is 14.1 Å². The first-order valence-corrected chi connectivity index (χ1v) is 6.47. The smallest absolute Gasteiger partial charge is 0.260 e. The van der Waals surface area contributed by atoms with Crippen LogP contribution in [0.1, 0.15) is 11.5 Å². The van der Waals surface area contributed by atoms with E-state index >= 15 is 0 Å². The van der Waals surface area contributed by atoms with Crippen LogP contribution in [-0.4, -0.2) is 29.6 Å². The Labute approximate surface area is 122 Å². The minimum Gasteiger partial charge on any atom is -0.484 e. The number of nitrogens with zero attached hydrogens (tertiary/aromatic N) is 2. The summed E-state index contributed by atoms with van der Waals surface area (Å²) in [6.45, 7) is 2.16. The number of rotatable bonds is 5. The molecule has 0 aliphatic carbocycles. The van der Waals surface area contributed by atoms with Crippen molar-refractivity contribution in [3.05, 3.63) is 46.8 Å². The molecule has 1 aromatic carbocycles. The number of aromatic nitrogens is 1. The normalized spacial score (nSPS) is 10.3. The highest BCUT2D eigenvalue weighted by Gasteiger charge is 2.12. The molecule has 106 valence electrons. The van der Waals surface area contributed by atoms with Gasteiger partial charge in [-0.25, -0.2) is 0 Å². The lowest BCUT2D eigenvalue weighted by Crippen LogP contribution is -2.31. The van der Waals surface area contributed by atoms with Gasteiger partial charge >= 0.3 is 0 Å². The largest absolute Gasteiger partial charge is 0.484 e. The van der Waals surface area contributed by atoms with E-state index in [1.807, 2.05) is 6.92 Å². The second kappa shape index (κ2) is 6.43. The minimum absolute atomic E-state index is 0.0328. The molecule has 2 rings (SSSR count). The Morgan fingerprint density at radius 2 is 2.10 bits per heavy atom. The van der Waals surface area contributed by atoms with Gasteiger partial charge in [0.05, 0.1) is 6.54 Å². The van der Waals surface area contributed by atoms with Crippen molar-refractivity contribution in [1.29, 1.82) is 0 Å². The summed E-state index contributed by atoms with van der Waals surface area (Å²) in [5.41, 5.74) is 0.713. The lowest BCUT2D eigenvalue weighted by Gasteiger charge is -2.15. The molecule has 2 aromatic rings. The number of hydrogen-bond donors (Lipinski definition) is 0. The summed E-state index contributed by atoms with van der Waals surface area (Å²) in [5.74, 6) is 1.19. The van der Waals surface area contributed by atoms with Gasteiger partial charge in [0.2, 0.25) is 0 Å². The molecular formula is C14H15ClN2O3. The molecule has 0 radical (unpaired) electrons. The van der Waals surface area contributed by atoms with Crippen molar-refractivity contribution in [2.45, 2.75) is 13.5 Å². The monoisotopic (exact) mass is 294 g/mol. The lowest BCUT2D eigenvalue weighted by atomic mass is 10.3. The summed E-state index contributed by atoms with van der Waals surface area (Å²) >= 11 is 5.77. The SMILES string of the molecule is Cc1cc(CN(C)C(=O)COc2ccc(Cl)cc2)no1. The fraction of sp³-hybridized carbons (Fsp3) is 0.286. The second-order valence-electron chi connectivity index (χ2n) is 4.42. The van der Waals surface area contributed by atoms with Gasteiger partial charge < -0.3 is 14.2 Å². The van der Waals surface area contributed by atoms with Crippen LogP contribution in [0.3, 0.4) is 0 Å². The van der Waals surface area contributed by atoms with Crippen LogP contribution < -0.4 is 4.74 Å². The third kappa shape index (κ3) is 3.99. The fourth-order valence-electron chi connectivity index (χ4n) is 1.61. The number of carbonyl (C=O) groups excluding carboxylic acids is 1. The van der Waals surface area contributed by atoms with E-state index in [9.17, 15) is 4.79 Å². The second-order valence-corrected chi connectivity index (χ2v) is 4.86. The van der Waals surface area contributed by atoms with Crippen molar-refractivity contribution in [2.24, 2.45) is 0 Å². The first-order chi connectivity index (χ1) is 9.54. The number of hydrogen-bond acceptors (Lipinski definition) is 4. The number of halogens is 1. The predicted molar refractivity (Wildman–Crippen MR) is 74.7 cm³/mol. The van der Waals surface area contributed by atoms with Crippen LogP contribution in [0.2, 0.25) is 5.02 Å². The molecule has 0 spiro atoms. The van der Waals surface area contributed by atoms with Gasteiger partial charge in [-0.2, -0.15) is 0 Å². The summed E-state index contributed by atoms with van der Waals surface area (Å²) in [5, 5.41) is 4.47. The van der Waals surface area contributed by atoms with E-state index in [2.05, 4.69) is 5.16 Å². The Morgan fingerprint density at radius 3 is 2.70 bits per heavy atom. The third-order valence-electron chi connectivity index (χ3n) is 2.68. The topological polar surface area (TPSA) is 55.6 Å². The summed E-state index contributed by atoms with van der Waals surface area (Å²) in [4.78, 5) is 13.4. The Hall–Kier alpha value is -2.01. The number of ether oxygens (including phenoxy) is 1. The number of amides is 1. The highest BCUT2D eigenvalue weighted by Crippen LogP contribution is 2.15. The van der Waals surface area contributed by atoms with Crippen molar-refractivity contribution in [1.82, 2.24) is 10.1 Å². The summed E-state index contributed by atoms with van der Waals surface area (Å²) < 4.78 is 10.3. The van der Waals surface area contributed by atoms with Gasteiger partial charge in [0.25, 0.3) is 5.91 Å². The molecule has 0 fully saturated rings. The average molecular weight is 295 g/mol. The van der Waals surface area contributed by atoms with Crippen LogP contribution in [0.25, 0.3) is 0 Å². The van der Waals surface area contributed by atoms with Crippen LogP contribution in [0.5, 0.6) is 5.75 Å². The molecule has 0 bridgehead atoms. The van der Waals surface area contributed by atoms with Crippen molar-refractivity contribution >= 4 is 17.5 Å². The first kappa shape index (κ1) is 14.4. The van der Waals surface area contributed by atoms with Gasteiger partial charge in [0, 0.05) is 18.1 Å². The fourth-order valence-corrected chi connectivity index (χ4v) is 1.74. The molecule has 0 N–H and O–H groups in total. The van der Waals surface area contributed by atoms with E-state index in [-0.39, 0.29) is 12.5 Å². The van der Waals surface area contributed by atoms with E-state index in [4.69, 9.17) is 20.9 Å². The number of likely N-dealkylation sites (N-methyl/N-ethyl adjacent to an activating group) is 1. The van der Waals surface area contributed by atoms with E-state index in [0.29, 0.717) is 23.0 Å². The lowest BCUT2D eigenvalue weighted by molar-refractivity contribution is -0.132. The van der Waals surface area contributed by atoms with Gasteiger partial charge in [-0.05, 0) is 31.2 Å². The molecule has 1 aromatic heterocycles. The highest BCUT2D eigenvalue weighted by molar-refractivity contribution is 6.30. The van der Waals surface area contributed by atoms with Crippen LogP contribution in [0, 0.1) is 6.92 Å². The van der Waals surface area contributed by atoms with Gasteiger partial charge in [0.1, 0.15) is 17.2 Å². The number of benzene rings is 1. The van der Waals surface area contributed by atoms with E-state index in [1.54, 1.807) is 37.4 Å². The van der Waals surface area contributed by atoms with Crippen LogP contribution in [0.4, 0.5) is 0 Å². The summed E-state index contributed by atoms with van der Waals surface area (Å²) in [6, 6.07) is 8.66. The molecule has 0 unspecified atom stereocenters. The summed E-state index contributed by atoms with van der Waals surface area (Å²) in [6.07, 6.45) is 0. The zero-order chi connectivity index (χ0) is 14.5. The van der Waals surface area contributed by atoms with Gasteiger partial charge in [-0.15, -0.1) is 0 Å². The molecule has 0 atom stereocenters. The molecule has 0 saturated heterocycles. The number of aryl methyl sites for hydroxylation is 1. The molecule has 1 heterocycles. The van der Waals surface area contributed by atoms with Gasteiger partial charge in [-0.1, -0.05) is 16.8 Å². The van der Waals surface area contributed by atoms with E-state index in [0.717, 1.165) is 5.76 Å². The Kier molecular flexibility index (Phi) is 4.63. The maximum absolute atomic E-state index is 11.9. The van der Waals surface area contributed by atoms with Gasteiger partial charge in [-0.3, -0.25) is 4.79 Å². The quantitative estimate of drug-likeness (QED) is 0.851. The van der Waals surface area contributed by atoms with Gasteiger partial charge in [0.15, 0.2) is 6.61 Å². The molecular weight excluding hydrogens is 280 g/mol. The van der Waals surface area contributed by atoms with E-state index in [1.165, 1.54) is 4.90 Å². The Balaban J connectivity index is 1.83. The molecule has 5 nitrogen and oxygen atoms in total. The minimum atomic E-state index is -0.138. The zero-order valence-corrected chi connectivity index (χ0v) is 12.1. The van der Waals surface area contributed by atoms with Crippen LogP contribution >= 0.6 is 11.6 Å². The number of carbonyl (C=O) groups is 1. The predicted octanol–water partition coefficient (Wildman–Crippen LogP) is 2.67. The first-order valence-electron chi connectivity index (χ1n) is 6.09. The molecule has 0 aliphatic rings. The summed E-state index contributed by atoms with van der Waals surface area (Å²) in [7, 11) is 1.69. The van der Waals surface area contributed by atoms with Crippen molar-refractivity contribution in [2.75, 3.05) is 13.7 Å². The Bertz CT molecular complexity index is 580. The maximum Gasteiger partial charge on any atom is 0.260 e. The molecule has 6 heteroatoms. The van der Waals surface area contributed by atoms with Crippen LogP contribution in [0.15, 0.2) is 34.9 Å². The molecule has 1 amide bonds. The zero-order valence-electron chi connectivity index (χ0n) is 11.3. The maximum atomic E-state index is 11.9. The third-order valence-corrected chi connectivity index (χ3v) is 2.93. The molecule has 20 heavy (non-hydrogen) atoms. The van der Waals surface area contributed by atoms with Crippen molar-refractivity contribution in [3.8, 4) is 5.75 Å². The Morgan fingerprint density at radius 1 is 1.40 bits per heavy atom. The average Bonchev–Trinajstić information content (AvgIpc) is 2.83. The standard InChI is InChI=1S/C14H15ClN2O3/c1-10-7-12(16-20-10)8-17(2)14(18)9-19-13-5-3-11(15)4-6-13/h3-7H,8-9H2,1-2H3.